The number of rotatable bonds is 4. The average Bonchev–Trinajstić information content (AvgIpc) is 2.66. The van der Waals surface area contributed by atoms with Crippen LogP contribution in [0.25, 0.3) is 0 Å². The maximum atomic E-state index is 10.1. The minimum Gasteiger partial charge on any atom is -0.480 e. The van der Waals surface area contributed by atoms with Gasteiger partial charge in [0.15, 0.2) is 0 Å². The van der Waals surface area contributed by atoms with E-state index in [4.69, 9.17) is 28.8 Å². The zero-order valence-electron chi connectivity index (χ0n) is 8.64. The van der Waals surface area contributed by atoms with Gasteiger partial charge in [-0.15, -0.1) is 0 Å². The Hall–Kier alpha value is -0.860. The third-order valence-electron chi connectivity index (χ3n) is 1.62. The largest absolute Gasteiger partial charge is 0.480 e. The van der Waals surface area contributed by atoms with Gasteiger partial charge in [-0.1, -0.05) is 24.0 Å². The Bertz CT molecular complexity index is 265. The van der Waals surface area contributed by atoms with Crippen molar-refractivity contribution in [2.75, 3.05) is 12.3 Å². The maximum absolute atomic E-state index is 10.1. The predicted molar refractivity (Wildman–Crippen MR) is 67.1 cm³/mol. The molecule has 1 amide bonds. The molecular weight excluding hydrogens is 250 g/mol. The van der Waals surface area contributed by atoms with Crippen LogP contribution in [0.15, 0.2) is 0 Å². The van der Waals surface area contributed by atoms with Gasteiger partial charge in [0.2, 0.25) is 5.91 Å². The lowest BCUT2D eigenvalue weighted by atomic mass is 10.2. The van der Waals surface area contributed by atoms with Crippen LogP contribution in [-0.4, -0.2) is 39.6 Å². The van der Waals surface area contributed by atoms with Crippen LogP contribution in [0, 0.1) is 0 Å². The smallest absolute Gasteiger partial charge is 0.320 e. The number of carboxylic acid groups (broad SMARTS) is 1. The van der Waals surface area contributed by atoms with E-state index < -0.39 is 17.9 Å². The summed E-state index contributed by atoms with van der Waals surface area (Å²) >= 11 is 6.49. The fraction of sp³-hybridized carbons (Fsp3) is 0.625. The summed E-state index contributed by atoms with van der Waals surface area (Å²) < 4.78 is 0.954. The number of carbonyl (C=O) groups excluding carboxylic acids is 1. The molecule has 1 rings (SSSR count). The minimum atomic E-state index is -1.11. The second-order valence-corrected chi connectivity index (χ2v) is 4.78. The van der Waals surface area contributed by atoms with Crippen LogP contribution in [0.2, 0.25) is 0 Å². The molecule has 1 atom stereocenters. The summed E-state index contributed by atoms with van der Waals surface area (Å²) in [6.45, 7) is 1.06. The number of carbonyl (C=O) groups is 2. The summed E-state index contributed by atoms with van der Waals surface area (Å²) in [4.78, 5) is 20.1. The second kappa shape index (κ2) is 8.31. The molecule has 1 fully saturated rings. The predicted octanol–water partition coefficient (Wildman–Crippen LogP) is -0.728. The number of hydrogen-bond acceptors (Lipinski definition) is 5. The highest BCUT2D eigenvalue weighted by Crippen LogP contribution is 2.05. The molecule has 0 aromatic rings. The number of amides is 1. The first kappa shape index (κ1) is 15.1. The zero-order chi connectivity index (χ0) is 12.6. The molecule has 8 heteroatoms. The van der Waals surface area contributed by atoms with E-state index in [0.29, 0.717) is 0 Å². The van der Waals surface area contributed by atoms with Crippen molar-refractivity contribution in [3.63, 3.8) is 0 Å². The third-order valence-corrected chi connectivity index (χ3v) is 2.94. The van der Waals surface area contributed by atoms with Gasteiger partial charge < -0.3 is 21.9 Å². The highest BCUT2D eigenvalue weighted by molar-refractivity contribution is 8.23. The Balaban J connectivity index is 0.000000315. The first-order chi connectivity index (χ1) is 7.43. The Morgan fingerprint density at radius 3 is 2.50 bits per heavy atom. The lowest BCUT2D eigenvalue weighted by Crippen LogP contribution is -2.31. The van der Waals surface area contributed by atoms with Crippen LogP contribution in [0.4, 0.5) is 0 Å². The SMILES string of the molecule is NC(=O)CC[C@H](N)C(=O)O.S=C1NCCS1. The van der Waals surface area contributed by atoms with Crippen molar-refractivity contribution < 1.29 is 14.7 Å². The first-order valence-electron chi connectivity index (χ1n) is 4.60. The van der Waals surface area contributed by atoms with Crippen molar-refractivity contribution in [1.82, 2.24) is 5.32 Å². The van der Waals surface area contributed by atoms with Gasteiger partial charge in [-0.3, -0.25) is 9.59 Å². The Morgan fingerprint density at radius 2 is 2.25 bits per heavy atom. The molecular formula is C8H15N3O3S2. The summed E-state index contributed by atoms with van der Waals surface area (Å²) in [5.74, 6) is -0.489. The molecule has 0 spiro atoms. The van der Waals surface area contributed by atoms with Crippen molar-refractivity contribution in [3.8, 4) is 0 Å². The van der Waals surface area contributed by atoms with E-state index in [9.17, 15) is 9.59 Å². The number of nitrogens with two attached hydrogens (primary N) is 2. The van der Waals surface area contributed by atoms with Crippen LogP contribution in [0.1, 0.15) is 12.8 Å². The molecule has 0 saturated carbocycles. The Morgan fingerprint density at radius 1 is 1.62 bits per heavy atom. The highest BCUT2D eigenvalue weighted by atomic mass is 32.2. The van der Waals surface area contributed by atoms with Crippen LogP contribution >= 0.6 is 24.0 Å². The topological polar surface area (TPSA) is 118 Å². The minimum absolute atomic E-state index is 0.0213. The molecule has 1 saturated heterocycles. The van der Waals surface area contributed by atoms with E-state index in [1.807, 2.05) is 0 Å². The van der Waals surface area contributed by atoms with E-state index >= 15 is 0 Å². The van der Waals surface area contributed by atoms with Crippen LogP contribution in [-0.2, 0) is 9.59 Å². The molecule has 0 radical (unpaired) electrons. The van der Waals surface area contributed by atoms with Gasteiger partial charge in [-0.2, -0.15) is 0 Å². The van der Waals surface area contributed by atoms with Crippen LogP contribution in [0.5, 0.6) is 0 Å². The van der Waals surface area contributed by atoms with E-state index in [-0.39, 0.29) is 12.8 Å². The number of primary amides is 1. The summed E-state index contributed by atoms with van der Waals surface area (Å²) in [6.07, 6.45) is 0.123. The van der Waals surface area contributed by atoms with Crippen molar-refractivity contribution in [2.45, 2.75) is 18.9 Å². The molecule has 1 aliphatic rings. The second-order valence-electron chi connectivity index (χ2n) is 3.01. The van der Waals surface area contributed by atoms with Gasteiger partial charge in [-0.25, -0.2) is 0 Å². The molecule has 6 nitrogen and oxygen atoms in total. The molecule has 0 bridgehead atoms. The number of hydrogen-bond donors (Lipinski definition) is 4. The van der Waals surface area contributed by atoms with Crippen molar-refractivity contribution >= 4 is 40.2 Å². The molecule has 0 aromatic carbocycles. The highest BCUT2D eigenvalue weighted by Gasteiger charge is 2.11. The van der Waals surface area contributed by atoms with E-state index in [2.05, 4.69) is 5.32 Å². The summed E-state index contributed by atoms with van der Waals surface area (Å²) in [6, 6.07) is -0.979. The molecule has 1 heterocycles. The quantitative estimate of drug-likeness (QED) is 0.495. The van der Waals surface area contributed by atoms with Crippen molar-refractivity contribution in [3.05, 3.63) is 0 Å². The molecule has 16 heavy (non-hydrogen) atoms. The number of thioether (sulfide) groups is 1. The lowest BCUT2D eigenvalue weighted by molar-refractivity contribution is -0.138. The number of nitrogens with one attached hydrogen (secondary N) is 1. The van der Waals surface area contributed by atoms with E-state index in [1.165, 1.54) is 0 Å². The van der Waals surface area contributed by atoms with Gasteiger partial charge >= 0.3 is 5.97 Å². The van der Waals surface area contributed by atoms with Gasteiger partial charge in [0.1, 0.15) is 10.4 Å². The van der Waals surface area contributed by atoms with Crippen LogP contribution < -0.4 is 16.8 Å². The monoisotopic (exact) mass is 265 g/mol. The number of thiocarbonyl (C=S) groups is 1. The lowest BCUT2D eigenvalue weighted by Gasteiger charge is -2.01. The first-order valence-corrected chi connectivity index (χ1v) is 6.00. The van der Waals surface area contributed by atoms with Gasteiger partial charge in [0.05, 0.1) is 0 Å². The molecule has 0 aliphatic carbocycles. The average molecular weight is 265 g/mol. The summed E-state index contributed by atoms with van der Waals surface area (Å²) in [7, 11) is 0. The van der Waals surface area contributed by atoms with E-state index in [0.717, 1.165) is 16.6 Å². The maximum Gasteiger partial charge on any atom is 0.320 e. The molecule has 6 N–H and O–H groups in total. The summed E-state index contributed by atoms with van der Waals surface area (Å²) in [5.41, 5.74) is 9.81. The molecule has 0 aromatic heterocycles. The van der Waals surface area contributed by atoms with Gasteiger partial charge in [0.25, 0.3) is 0 Å². The third kappa shape index (κ3) is 8.45. The fourth-order valence-corrected chi connectivity index (χ4v) is 1.71. The molecule has 1 aliphatic heterocycles. The summed E-state index contributed by atoms with van der Waals surface area (Å²) in [5, 5.41) is 11.2. The van der Waals surface area contributed by atoms with Crippen molar-refractivity contribution in [1.29, 1.82) is 0 Å². The molecule has 0 unspecified atom stereocenters. The standard InChI is InChI=1S/C5H10N2O3.C3H5NS2/c6-3(5(9)10)1-2-4(7)8;5-3-4-1-2-6-3/h3H,1-2,6H2,(H2,7,8)(H,9,10);1-2H2,(H,4,5)/t3-;/m0./s1. The van der Waals surface area contributed by atoms with Crippen molar-refractivity contribution in [2.24, 2.45) is 11.5 Å². The van der Waals surface area contributed by atoms with Gasteiger partial charge in [0, 0.05) is 18.7 Å². The number of aliphatic carboxylic acids is 1. The van der Waals surface area contributed by atoms with Gasteiger partial charge in [-0.05, 0) is 6.42 Å². The van der Waals surface area contributed by atoms with E-state index in [1.54, 1.807) is 11.8 Å². The molecule has 92 valence electrons. The Kier molecular flexibility index (Phi) is 7.86. The number of carboxylic acids is 1. The zero-order valence-corrected chi connectivity index (χ0v) is 10.3. The Labute approximate surface area is 103 Å². The fourth-order valence-electron chi connectivity index (χ4n) is 0.769. The van der Waals surface area contributed by atoms with Crippen LogP contribution in [0.3, 0.4) is 0 Å². The normalized spacial score (nSPS) is 15.7.